The lowest BCUT2D eigenvalue weighted by Gasteiger charge is -2.15. The molecule has 0 fully saturated rings. The van der Waals surface area contributed by atoms with Gasteiger partial charge in [0, 0.05) is 6.42 Å². The van der Waals surface area contributed by atoms with Gasteiger partial charge in [0.2, 0.25) is 0 Å². The lowest BCUT2D eigenvalue weighted by Crippen LogP contribution is -2.31. The molecule has 0 aliphatic rings. The third-order valence-corrected chi connectivity index (χ3v) is 4.87. The summed E-state index contributed by atoms with van der Waals surface area (Å²) >= 11 is 0. The van der Waals surface area contributed by atoms with Crippen LogP contribution in [-0.2, 0) is 17.9 Å². The summed E-state index contributed by atoms with van der Waals surface area (Å²) in [5.74, 6) is 1.22. The largest absolute Gasteiger partial charge is 0.394 e. The van der Waals surface area contributed by atoms with Gasteiger partial charge in [-0.05, 0) is 6.42 Å². The Balaban J connectivity index is 2.45. The average molecular weight is 352 g/mol. The van der Waals surface area contributed by atoms with Gasteiger partial charge in [0.1, 0.15) is 32.9 Å². The highest BCUT2D eigenvalue weighted by atomic mass is 28.3. The Kier molecular flexibility index (Phi) is 6.66. The van der Waals surface area contributed by atoms with Crippen molar-refractivity contribution in [3.63, 3.8) is 0 Å². The van der Waals surface area contributed by atoms with Crippen LogP contribution < -0.4 is 11.2 Å². The van der Waals surface area contributed by atoms with Gasteiger partial charge in [-0.15, -0.1) is 0 Å². The third-order valence-electron chi connectivity index (χ3n) is 3.75. The molecule has 9 heteroatoms. The van der Waals surface area contributed by atoms with Crippen LogP contribution in [0, 0.1) is 0 Å². The minimum atomic E-state index is -0.853. The number of rotatable bonds is 9. The molecular formula is C15H26N5O3Si. The lowest BCUT2D eigenvalue weighted by molar-refractivity contribution is -0.0495. The van der Waals surface area contributed by atoms with Crippen LogP contribution in [0.5, 0.6) is 0 Å². The Morgan fingerprint density at radius 1 is 1.21 bits per heavy atom. The molecule has 2 aromatic heterocycles. The molecule has 0 unspecified atom stereocenters. The van der Waals surface area contributed by atoms with Crippen LogP contribution in [0.15, 0.2) is 0 Å². The van der Waals surface area contributed by atoms with Gasteiger partial charge in [-0.2, -0.15) is 0 Å². The second kappa shape index (κ2) is 8.52. The number of nitrogen functional groups attached to an aromatic ring is 1. The first kappa shape index (κ1) is 18.8. The fourth-order valence-corrected chi connectivity index (χ4v) is 2.97. The number of fused-ring (bicyclic) bond motifs is 1. The van der Waals surface area contributed by atoms with Crippen LogP contribution in [0.25, 0.3) is 11.2 Å². The molecule has 0 bridgehead atoms. The Labute approximate surface area is 143 Å². The summed E-state index contributed by atoms with van der Waals surface area (Å²) in [7, 11) is -0.853. The lowest BCUT2D eigenvalue weighted by atomic mass is 10.2. The molecular weight excluding hydrogens is 326 g/mol. The van der Waals surface area contributed by atoms with Gasteiger partial charge in [-0.3, -0.25) is 4.57 Å². The van der Waals surface area contributed by atoms with Crippen molar-refractivity contribution >= 4 is 31.2 Å². The number of aryl methyl sites for hydroxylation is 1. The van der Waals surface area contributed by atoms with E-state index in [9.17, 15) is 10.2 Å². The molecule has 8 nitrogen and oxygen atoms in total. The van der Waals surface area contributed by atoms with E-state index in [1.807, 2.05) is 4.57 Å². The van der Waals surface area contributed by atoms with Crippen molar-refractivity contribution in [2.45, 2.75) is 52.1 Å². The quantitative estimate of drug-likeness (QED) is 0.545. The third kappa shape index (κ3) is 4.10. The first-order valence-electron chi connectivity index (χ1n) is 8.18. The molecule has 0 atom stereocenters. The molecule has 2 heterocycles. The number of hydrogen-bond acceptors (Lipinski definition) is 7. The van der Waals surface area contributed by atoms with Crippen molar-refractivity contribution < 1.29 is 14.9 Å². The number of hydrogen-bond donors (Lipinski definition) is 3. The van der Waals surface area contributed by atoms with Gasteiger partial charge in [0.05, 0.1) is 13.2 Å². The van der Waals surface area contributed by atoms with E-state index in [2.05, 4.69) is 35.0 Å². The van der Waals surface area contributed by atoms with Crippen molar-refractivity contribution in [2.24, 2.45) is 0 Å². The van der Waals surface area contributed by atoms with Crippen molar-refractivity contribution in [3.8, 4) is 0 Å². The number of aliphatic hydroxyl groups is 2. The van der Waals surface area contributed by atoms with Gasteiger partial charge in [0.15, 0.2) is 17.0 Å². The van der Waals surface area contributed by atoms with Crippen molar-refractivity contribution in [2.75, 3.05) is 18.9 Å². The molecule has 2 aromatic rings. The smallest absolute Gasteiger partial charge is 0.167 e. The highest BCUT2D eigenvalue weighted by Gasteiger charge is 2.19. The summed E-state index contributed by atoms with van der Waals surface area (Å²) < 4.78 is 7.45. The highest BCUT2D eigenvalue weighted by molar-refractivity contribution is 6.69. The van der Waals surface area contributed by atoms with Crippen LogP contribution in [0.3, 0.4) is 0 Å². The number of anilines is 1. The molecule has 0 aliphatic carbocycles. The number of unbranched alkanes of at least 4 members (excludes halogenated alkanes) is 1. The molecule has 0 saturated carbocycles. The standard InChI is InChI=1S/C15H26N5O3Si/c1-4-5-6-11-17-12-13(16)18-15(24(2)3)19-14(12)20(11)9-23-10(7-21)8-22/h10,21-22H,4-9H2,1-3H3,(H2,16,18,19). The molecule has 133 valence electrons. The fourth-order valence-electron chi connectivity index (χ4n) is 2.30. The molecule has 0 aliphatic heterocycles. The summed E-state index contributed by atoms with van der Waals surface area (Å²) in [4.78, 5) is 13.6. The number of imidazole rings is 1. The maximum absolute atomic E-state index is 9.19. The normalized spacial score (nSPS) is 12.0. The van der Waals surface area contributed by atoms with E-state index >= 15 is 0 Å². The average Bonchev–Trinajstić information content (AvgIpc) is 2.92. The maximum Gasteiger partial charge on any atom is 0.167 e. The summed E-state index contributed by atoms with van der Waals surface area (Å²) in [5, 5.41) is 18.4. The Bertz CT molecular complexity index is 673. The van der Waals surface area contributed by atoms with Crippen molar-refractivity contribution in [3.05, 3.63) is 5.82 Å². The summed E-state index contributed by atoms with van der Waals surface area (Å²) in [5.41, 5.74) is 8.08. The first-order valence-corrected chi connectivity index (χ1v) is 10.7. The molecule has 0 aromatic carbocycles. The first-order chi connectivity index (χ1) is 11.5. The van der Waals surface area contributed by atoms with Gasteiger partial charge in [-0.1, -0.05) is 26.4 Å². The molecule has 2 rings (SSSR count). The minimum Gasteiger partial charge on any atom is -0.394 e. The molecule has 0 saturated heterocycles. The van der Waals surface area contributed by atoms with Crippen LogP contribution in [-0.4, -0.2) is 57.8 Å². The molecule has 1 radical (unpaired) electrons. The van der Waals surface area contributed by atoms with E-state index in [-0.39, 0.29) is 19.9 Å². The van der Waals surface area contributed by atoms with Crippen LogP contribution in [0.1, 0.15) is 25.6 Å². The van der Waals surface area contributed by atoms with E-state index in [4.69, 9.17) is 10.5 Å². The van der Waals surface area contributed by atoms with E-state index in [1.165, 1.54) is 0 Å². The summed E-state index contributed by atoms with van der Waals surface area (Å²) in [6.45, 7) is 6.00. The molecule has 24 heavy (non-hydrogen) atoms. The number of nitrogens with two attached hydrogens (primary N) is 1. The number of aromatic nitrogens is 4. The summed E-state index contributed by atoms with van der Waals surface area (Å²) in [6.07, 6.45) is 2.19. The number of ether oxygens (including phenoxy) is 1. The zero-order chi connectivity index (χ0) is 17.7. The van der Waals surface area contributed by atoms with Crippen LogP contribution in [0.4, 0.5) is 5.82 Å². The zero-order valence-corrected chi connectivity index (χ0v) is 15.5. The SMILES string of the molecule is CCCCc1nc2c(N)nc([Si](C)C)nc2n1COC(CO)CO. The molecule has 0 amide bonds. The van der Waals surface area contributed by atoms with Gasteiger partial charge in [0.25, 0.3) is 0 Å². The maximum atomic E-state index is 9.19. The Hall–Kier alpha value is -1.55. The van der Waals surface area contributed by atoms with E-state index in [1.54, 1.807) is 0 Å². The van der Waals surface area contributed by atoms with Gasteiger partial charge >= 0.3 is 0 Å². The minimum absolute atomic E-state index is 0.159. The number of nitrogens with zero attached hydrogens (tertiary/aromatic N) is 4. The topological polar surface area (TPSA) is 119 Å². The second-order valence-electron chi connectivity index (χ2n) is 5.95. The highest BCUT2D eigenvalue weighted by Crippen LogP contribution is 2.19. The van der Waals surface area contributed by atoms with Gasteiger partial charge < -0.3 is 20.7 Å². The van der Waals surface area contributed by atoms with Crippen LogP contribution in [0.2, 0.25) is 13.1 Å². The van der Waals surface area contributed by atoms with Gasteiger partial charge in [-0.25, -0.2) is 15.0 Å². The summed E-state index contributed by atoms with van der Waals surface area (Å²) in [6, 6.07) is 0. The van der Waals surface area contributed by atoms with Crippen LogP contribution >= 0.6 is 0 Å². The predicted molar refractivity (Wildman–Crippen MR) is 94.5 cm³/mol. The Morgan fingerprint density at radius 2 is 1.92 bits per heavy atom. The van der Waals surface area contributed by atoms with E-state index in [0.717, 1.165) is 30.5 Å². The molecule has 4 N–H and O–H groups in total. The Morgan fingerprint density at radius 3 is 2.50 bits per heavy atom. The predicted octanol–water partition coefficient (Wildman–Crippen LogP) is 0.0398. The fraction of sp³-hybridized carbons (Fsp3) is 0.667. The second-order valence-corrected chi connectivity index (χ2v) is 8.39. The van der Waals surface area contributed by atoms with E-state index < -0.39 is 14.9 Å². The van der Waals surface area contributed by atoms with Crippen molar-refractivity contribution in [1.29, 1.82) is 0 Å². The monoisotopic (exact) mass is 352 g/mol. The number of aliphatic hydroxyl groups excluding tert-OH is 2. The van der Waals surface area contributed by atoms with Crippen molar-refractivity contribution in [1.82, 2.24) is 19.5 Å². The van der Waals surface area contributed by atoms with E-state index in [0.29, 0.717) is 17.0 Å². The zero-order valence-electron chi connectivity index (χ0n) is 14.5. The molecule has 0 spiro atoms.